The van der Waals surface area contributed by atoms with Crippen molar-refractivity contribution < 1.29 is 19.4 Å². The molecule has 1 N–H and O–H groups in total. The topological polar surface area (TPSA) is 59.0 Å². The molecule has 0 aliphatic heterocycles. The van der Waals surface area contributed by atoms with Crippen molar-refractivity contribution in [1.29, 1.82) is 0 Å². The average Bonchev–Trinajstić information content (AvgIpc) is 2.48. The van der Waals surface area contributed by atoms with Crippen LogP contribution in [0.3, 0.4) is 0 Å². The van der Waals surface area contributed by atoms with Crippen LogP contribution in [0.5, 0.6) is 0 Å². The molecule has 1 saturated carbocycles. The summed E-state index contributed by atoms with van der Waals surface area (Å²) in [6.45, 7) is 2.60. The lowest BCUT2D eigenvalue weighted by molar-refractivity contribution is -0.0596. The Bertz CT molecular complexity index is 445. The fraction of sp³-hybridized carbons (Fsp3) is 0.588. The maximum absolute atomic E-state index is 10.6. The average molecular weight is 307 g/mol. The quantitative estimate of drug-likeness (QED) is 0.713. The zero-order chi connectivity index (χ0) is 15.8. The summed E-state index contributed by atoms with van der Waals surface area (Å²) < 4.78 is 11.5. The second kappa shape index (κ2) is 8.76. The predicted octanol–water partition coefficient (Wildman–Crippen LogP) is 3.00. The number of hydrogen-bond acceptors (Lipinski definition) is 3. The van der Waals surface area contributed by atoms with Gasteiger partial charge in [-0.05, 0) is 30.7 Å². The van der Waals surface area contributed by atoms with E-state index in [0.717, 1.165) is 25.9 Å². The highest BCUT2D eigenvalue weighted by atomic mass is 16.5. The van der Waals surface area contributed by atoms with Crippen LogP contribution in [0.15, 0.2) is 30.3 Å². The van der Waals surface area contributed by atoms with Crippen molar-refractivity contribution in [3.05, 3.63) is 35.9 Å². The van der Waals surface area contributed by atoms with E-state index in [4.69, 9.17) is 14.6 Å². The number of ether oxygens (including phenoxy) is 2. The molecule has 0 spiro atoms. The Morgan fingerprint density at radius 3 is 2.73 bits per heavy atom. The van der Waals surface area contributed by atoms with Gasteiger partial charge in [0.15, 0.2) is 0 Å². The molecule has 0 heterocycles. The Balaban J connectivity index is 1.45. The third-order valence-electron chi connectivity index (χ3n) is 3.98. The highest BCUT2D eigenvalue weighted by Crippen LogP contribution is 2.30. The summed E-state index contributed by atoms with van der Waals surface area (Å²) in [4.78, 5) is 11.9. The van der Waals surface area contributed by atoms with Crippen molar-refractivity contribution in [2.24, 2.45) is 5.92 Å². The van der Waals surface area contributed by atoms with E-state index in [2.05, 4.69) is 12.1 Å². The minimum atomic E-state index is -0.890. The SMILES string of the molecule is CN(CCCO[C@H]1C[C@H](COCc2ccccc2)C1)C(=O)O. The van der Waals surface area contributed by atoms with Crippen LogP contribution in [0, 0.1) is 5.92 Å². The maximum atomic E-state index is 10.6. The summed E-state index contributed by atoms with van der Waals surface area (Å²) in [5.41, 5.74) is 1.21. The van der Waals surface area contributed by atoms with Crippen LogP contribution >= 0.6 is 0 Å². The first-order chi connectivity index (χ1) is 10.6. The molecule has 1 aliphatic carbocycles. The van der Waals surface area contributed by atoms with Crippen molar-refractivity contribution in [2.45, 2.75) is 32.0 Å². The standard InChI is InChI=1S/C17H25NO4/c1-18(17(19)20)8-5-9-22-16-10-15(11-16)13-21-12-14-6-3-2-4-7-14/h2-4,6-7,15-16H,5,8-13H2,1H3,(H,19,20)/t15-,16-. The normalized spacial score (nSPS) is 20.4. The van der Waals surface area contributed by atoms with Gasteiger partial charge in [0, 0.05) is 20.2 Å². The number of carboxylic acid groups (broad SMARTS) is 1. The molecule has 122 valence electrons. The van der Waals surface area contributed by atoms with Crippen molar-refractivity contribution >= 4 is 6.09 Å². The summed E-state index contributed by atoms with van der Waals surface area (Å²) in [6, 6.07) is 10.2. The van der Waals surface area contributed by atoms with E-state index in [1.165, 1.54) is 10.5 Å². The third-order valence-corrected chi connectivity index (χ3v) is 3.98. The van der Waals surface area contributed by atoms with Gasteiger partial charge in [-0.2, -0.15) is 0 Å². The largest absolute Gasteiger partial charge is 0.465 e. The number of amides is 1. The highest BCUT2D eigenvalue weighted by Gasteiger charge is 2.29. The van der Waals surface area contributed by atoms with Crippen molar-refractivity contribution in [3.63, 3.8) is 0 Å². The maximum Gasteiger partial charge on any atom is 0.407 e. The molecule has 0 aromatic heterocycles. The third kappa shape index (κ3) is 5.66. The molecule has 1 aliphatic rings. The minimum absolute atomic E-state index is 0.320. The summed E-state index contributed by atoms with van der Waals surface area (Å²) in [6.07, 6.45) is 2.27. The summed E-state index contributed by atoms with van der Waals surface area (Å²) in [7, 11) is 1.58. The number of nitrogens with zero attached hydrogens (tertiary/aromatic N) is 1. The predicted molar refractivity (Wildman–Crippen MR) is 83.8 cm³/mol. The molecule has 0 atom stereocenters. The number of rotatable bonds is 9. The minimum Gasteiger partial charge on any atom is -0.465 e. The second-order valence-corrected chi connectivity index (χ2v) is 5.89. The van der Waals surface area contributed by atoms with Crippen molar-refractivity contribution in [2.75, 3.05) is 26.8 Å². The molecule has 1 aromatic rings. The lowest BCUT2D eigenvalue weighted by atomic mass is 9.83. The Hall–Kier alpha value is -1.59. The van der Waals surface area contributed by atoms with E-state index in [1.807, 2.05) is 18.2 Å². The van der Waals surface area contributed by atoms with Crippen LogP contribution in [0.1, 0.15) is 24.8 Å². The molecule has 22 heavy (non-hydrogen) atoms. The van der Waals surface area contributed by atoms with Crippen LogP contribution in [0.25, 0.3) is 0 Å². The Labute approximate surface area is 131 Å². The Kier molecular flexibility index (Phi) is 6.68. The van der Waals surface area contributed by atoms with E-state index < -0.39 is 6.09 Å². The van der Waals surface area contributed by atoms with Crippen LogP contribution in [-0.2, 0) is 16.1 Å². The lowest BCUT2D eigenvalue weighted by Crippen LogP contribution is -2.35. The van der Waals surface area contributed by atoms with Gasteiger partial charge in [-0.3, -0.25) is 0 Å². The van der Waals surface area contributed by atoms with Crippen LogP contribution in [-0.4, -0.2) is 49.0 Å². The molecule has 5 heteroatoms. The molecule has 5 nitrogen and oxygen atoms in total. The van der Waals surface area contributed by atoms with E-state index in [9.17, 15) is 4.79 Å². The smallest absolute Gasteiger partial charge is 0.407 e. The van der Waals surface area contributed by atoms with Crippen LogP contribution < -0.4 is 0 Å². The fourth-order valence-electron chi connectivity index (χ4n) is 2.51. The number of carbonyl (C=O) groups is 1. The van der Waals surface area contributed by atoms with Crippen LogP contribution in [0.4, 0.5) is 4.79 Å². The first-order valence-electron chi connectivity index (χ1n) is 7.82. The number of hydrogen-bond donors (Lipinski definition) is 1. The zero-order valence-electron chi connectivity index (χ0n) is 13.1. The van der Waals surface area contributed by atoms with E-state index in [-0.39, 0.29) is 0 Å². The molecular weight excluding hydrogens is 282 g/mol. The van der Waals surface area contributed by atoms with Crippen molar-refractivity contribution in [3.8, 4) is 0 Å². The van der Waals surface area contributed by atoms with Gasteiger partial charge in [0.1, 0.15) is 0 Å². The molecule has 0 bridgehead atoms. The van der Waals surface area contributed by atoms with Gasteiger partial charge in [0.25, 0.3) is 0 Å². The first kappa shape index (κ1) is 16.8. The summed E-state index contributed by atoms with van der Waals surface area (Å²) in [5, 5.41) is 8.72. The molecule has 1 aromatic carbocycles. The van der Waals surface area contributed by atoms with Gasteiger partial charge in [-0.15, -0.1) is 0 Å². The van der Waals surface area contributed by atoms with E-state index >= 15 is 0 Å². The summed E-state index contributed by atoms with van der Waals surface area (Å²) in [5.74, 6) is 0.593. The second-order valence-electron chi connectivity index (χ2n) is 5.89. The van der Waals surface area contributed by atoms with Gasteiger partial charge < -0.3 is 19.5 Å². The Morgan fingerprint density at radius 1 is 1.32 bits per heavy atom. The van der Waals surface area contributed by atoms with E-state index in [0.29, 0.717) is 31.8 Å². The molecule has 0 saturated heterocycles. The van der Waals surface area contributed by atoms with Gasteiger partial charge >= 0.3 is 6.09 Å². The molecule has 0 radical (unpaired) electrons. The highest BCUT2D eigenvalue weighted by molar-refractivity contribution is 5.64. The molecule has 2 rings (SSSR count). The zero-order valence-corrected chi connectivity index (χ0v) is 13.1. The van der Waals surface area contributed by atoms with E-state index in [1.54, 1.807) is 7.05 Å². The van der Waals surface area contributed by atoms with Crippen LogP contribution in [0.2, 0.25) is 0 Å². The monoisotopic (exact) mass is 307 g/mol. The molecular formula is C17H25NO4. The van der Waals surface area contributed by atoms with Gasteiger partial charge in [0.2, 0.25) is 0 Å². The fourth-order valence-corrected chi connectivity index (χ4v) is 2.51. The number of benzene rings is 1. The van der Waals surface area contributed by atoms with Gasteiger partial charge in [-0.1, -0.05) is 30.3 Å². The van der Waals surface area contributed by atoms with Gasteiger partial charge in [0.05, 0.1) is 19.3 Å². The molecule has 0 unspecified atom stereocenters. The molecule has 1 fully saturated rings. The van der Waals surface area contributed by atoms with Gasteiger partial charge in [-0.25, -0.2) is 4.79 Å². The lowest BCUT2D eigenvalue weighted by Gasteiger charge is -2.35. The van der Waals surface area contributed by atoms with Crippen molar-refractivity contribution in [1.82, 2.24) is 4.90 Å². The molecule has 1 amide bonds. The first-order valence-corrected chi connectivity index (χ1v) is 7.82. The Morgan fingerprint density at radius 2 is 2.05 bits per heavy atom. The summed E-state index contributed by atoms with van der Waals surface area (Å²) >= 11 is 0.